The van der Waals surface area contributed by atoms with Crippen LogP contribution in [0.25, 0.3) is 6.08 Å². The van der Waals surface area contributed by atoms with Crippen LogP contribution in [0.15, 0.2) is 65.6 Å². The number of benzene rings is 3. The Labute approximate surface area is 224 Å². The second-order valence-electron chi connectivity index (χ2n) is 7.55. The first kappa shape index (κ1) is 26.2. The molecule has 1 heterocycles. The molecule has 0 N–H and O–H groups in total. The van der Waals surface area contributed by atoms with E-state index in [1.165, 1.54) is 49.6 Å². The van der Waals surface area contributed by atoms with Crippen LogP contribution in [0.2, 0.25) is 10.0 Å². The Morgan fingerprint density at radius 1 is 1.11 bits per heavy atom. The number of amides is 2. The SMILES string of the molecule is COc1cccc(/C=C2\SC(=O)N(Cc3ccccc3[N+](=O)[O-])C2=O)c1OC(=O)c1ccc(Cl)cc1Cl. The largest absolute Gasteiger partial charge is 0.493 e. The molecule has 1 aliphatic heterocycles. The molecule has 0 radical (unpaired) electrons. The molecule has 1 saturated heterocycles. The van der Waals surface area contributed by atoms with Crippen molar-refractivity contribution in [3.8, 4) is 11.5 Å². The van der Waals surface area contributed by atoms with Gasteiger partial charge < -0.3 is 9.47 Å². The third-order valence-electron chi connectivity index (χ3n) is 5.25. The number of methoxy groups -OCH3 is 1. The summed E-state index contributed by atoms with van der Waals surface area (Å²) in [6.07, 6.45) is 1.39. The van der Waals surface area contributed by atoms with Gasteiger partial charge in [0.15, 0.2) is 11.5 Å². The number of nitrogens with zero attached hydrogens (tertiary/aromatic N) is 2. The minimum Gasteiger partial charge on any atom is -0.493 e. The average molecular weight is 559 g/mol. The summed E-state index contributed by atoms with van der Waals surface area (Å²) >= 11 is 12.7. The van der Waals surface area contributed by atoms with E-state index in [1.54, 1.807) is 24.3 Å². The molecule has 188 valence electrons. The molecular formula is C25H16Cl2N2O7S. The van der Waals surface area contributed by atoms with Gasteiger partial charge in [-0.1, -0.05) is 53.5 Å². The highest BCUT2D eigenvalue weighted by Crippen LogP contribution is 2.39. The molecule has 2 amide bonds. The quantitative estimate of drug-likeness (QED) is 0.108. The van der Waals surface area contributed by atoms with Gasteiger partial charge in [0.25, 0.3) is 16.8 Å². The Kier molecular flexibility index (Phi) is 7.82. The number of carbonyl (C=O) groups excluding carboxylic acids is 3. The number of rotatable bonds is 7. The molecule has 3 aromatic rings. The minimum atomic E-state index is -0.787. The molecule has 0 unspecified atom stereocenters. The number of ether oxygens (including phenoxy) is 2. The van der Waals surface area contributed by atoms with Crippen molar-refractivity contribution in [3.63, 3.8) is 0 Å². The lowest BCUT2D eigenvalue weighted by atomic mass is 10.1. The molecule has 0 spiro atoms. The van der Waals surface area contributed by atoms with E-state index in [0.29, 0.717) is 16.8 Å². The molecule has 3 aromatic carbocycles. The van der Waals surface area contributed by atoms with Crippen LogP contribution < -0.4 is 9.47 Å². The lowest BCUT2D eigenvalue weighted by molar-refractivity contribution is -0.385. The van der Waals surface area contributed by atoms with E-state index in [1.807, 2.05) is 0 Å². The molecule has 12 heteroatoms. The number of esters is 1. The molecule has 0 atom stereocenters. The van der Waals surface area contributed by atoms with E-state index in [4.69, 9.17) is 32.7 Å². The first-order valence-corrected chi connectivity index (χ1v) is 12.1. The highest BCUT2D eigenvalue weighted by Gasteiger charge is 2.36. The van der Waals surface area contributed by atoms with E-state index in [0.717, 1.165) is 4.90 Å². The molecule has 0 bridgehead atoms. The van der Waals surface area contributed by atoms with Crippen molar-refractivity contribution in [2.24, 2.45) is 0 Å². The zero-order valence-electron chi connectivity index (χ0n) is 19.0. The maximum atomic E-state index is 13.1. The summed E-state index contributed by atoms with van der Waals surface area (Å²) in [4.78, 5) is 50.2. The fourth-order valence-electron chi connectivity index (χ4n) is 3.49. The normalized spacial score (nSPS) is 14.2. The number of thioether (sulfide) groups is 1. The summed E-state index contributed by atoms with van der Waals surface area (Å²) in [6, 6.07) is 14.9. The predicted octanol–water partition coefficient (Wildman–Crippen LogP) is 6.37. The Balaban J connectivity index is 1.65. The number of hydrogen-bond donors (Lipinski definition) is 0. The third kappa shape index (κ3) is 5.61. The maximum absolute atomic E-state index is 13.1. The fraction of sp³-hybridized carbons (Fsp3) is 0.0800. The molecule has 1 fully saturated rings. The van der Waals surface area contributed by atoms with Gasteiger partial charge in [-0.05, 0) is 42.1 Å². The standard InChI is InChI=1S/C25H16Cl2N2O7S/c1-35-20-8-4-6-14(22(20)36-24(31)17-10-9-16(26)12-18(17)27)11-21-23(30)28(25(32)37-21)13-15-5-2-3-7-19(15)29(33)34/h2-12H,13H2,1H3/b21-11-. The van der Waals surface area contributed by atoms with Gasteiger partial charge >= 0.3 is 5.97 Å². The van der Waals surface area contributed by atoms with Crippen LogP contribution in [0.3, 0.4) is 0 Å². The van der Waals surface area contributed by atoms with Crippen molar-refractivity contribution < 1.29 is 28.8 Å². The van der Waals surface area contributed by atoms with Gasteiger partial charge in [0, 0.05) is 22.2 Å². The summed E-state index contributed by atoms with van der Waals surface area (Å²) in [5.74, 6) is -1.22. The highest BCUT2D eigenvalue weighted by molar-refractivity contribution is 8.18. The molecule has 0 aliphatic carbocycles. The second-order valence-corrected chi connectivity index (χ2v) is 9.38. The monoisotopic (exact) mass is 558 g/mol. The molecule has 0 saturated carbocycles. The lowest BCUT2D eigenvalue weighted by Gasteiger charge is -2.13. The van der Waals surface area contributed by atoms with Crippen LogP contribution in [0, 0.1) is 10.1 Å². The van der Waals surface area contributed by atoms with Crippen LogP contribution >= 0.6 is 35.0 Å². The Bertz CT molecular complexity index is 1480. The van der Waals surface area contributed by atoms with Crippen LogP contribution in [0.5, 0.6) is 11.5 Å². The highest BCUT2D eigenvalue weighted by atomic mass is 35.5. The van der Waals surface area contributed by atoms with Crippen LogP contribution in [0.1, 0.15) is 21.5 Å². The maximum Gasteiger partial charge on any atom is 0.345 e. The summed E-state index contributed by atoms with van der Waals surface area (Å²) < 4.78 is 10.9. The van der Waals surface area contributed by atoms with Gasteiger partial charge in [-0.3, -0.25) is 24.6 Å². The number of imide groups is 1. The Morgan fingerprint density at radius 3 is 2.57 bits per heavy atom. The van der Waals surface area contributed by atoms with Gasteiger partial charge in [0.05, 0.1) is 34.1 Å². The van der Waals surface area contributed by atoms with E-state index in [9.17, 15) is 24.5 Å². The summed E-state index contributed by atoms with van der Waals surface area (Å²) in [7, 11) is 1.38. The lowest BCUT2D eigenvalue weighted by Crippen LogP contribution is -2.27. The first-order valence-electron chi connectivity index (χ1n) is 10.5. The number of nitro benzene ring substituents is 1. The minimum absolute atomic E-state index is 0.00603. The van der Waals surface area contributed by atoms with Crippen molar-refractivity contribution in [3.05, 3.63) is 102 Å². The van der Waals surface area contributed by atoms with Crippen molar-refractivity contribution in [1.82, 2.24) is 4.90 Å². The van der Waals surface area contributed by atoms with E-state index in [-0.39, 0.29) is 50.3 Å². The molecular weight excluding hydrogens is 543 g/mol. The second kappa shape index (κ2) is 11.0. The predicted molar refractivity (Wildman–Crippen MR) is 139 cm³/mol. The van der Waals surface area contributed by atoms with Gasteiger partial charge in [-0.2, -0.15) is 0 Å². The molecule has 1 aliphatic rings. The summed E-state index contributed by atoms with van der Waals surface area (Å²) in [5, 5.41) is 11.2. The fourth-order valence-corrected chi connectivity index (χ4v) is 4.80. The molecule has 9 nitrogen and oxygen atoms in total. The Hall–Kier alpha value is -3.86. The zero-order valence-corrected chi connectivity index (χ0v) is 21.3. The topological polar surface area (TPSA) is 116 Å². The Morgan fingerprint density at radius 2 is 1.86 bits per heavy atom. The van der Waals surface area contributed by atoms with E-state index in [2.05, 4.69) is 0 Å². The van der Waals surface area contributed by atoms with Crippen LogP contribution in [-0.4, -0.2) is 34.0 Å². The van der Waals surface area contributed by atoms with Crippen molar-refractivity contribution in [1.29, 1.82) is 0 Å². The number of halogens is 2. The number of para-hydroxylation sites is 2. The van der Waals surface area contributed by atoms with Gasteiger partial charge in [-0.25, -0.2) is 4.79 Å². The smallest absolute Gasteiger partial charge is 0.345 e. The molecule has 37 heavy (non-hydrogen) atoms. The molecule has 0 aromatic heterocycles. The van der Waals surface area contributed by atoms with Crippen LogP contribution in [-0.2, 0) is 11.3 Å². The third-order valence-corrected chi connectivity index (χ3v) is 6.71. The summed E-state index contributed by atoms with van der Waals surface area (Å²) in [5.41, 5.74) is 0.363. The van der Waals surface area contributed by atoms with E-state index >= 15 is 0 Å². The van der Waals surface area contributed by atoms with Gasteiger partial charge in [0.2, 0.25) is 0 Å². The van der Waals surface area contributed by atoms with Gasteiger partial charge in [0.1, 0.15) is 0 Å². The average Bonchev–Trinajstić information content (AvgIpc) is 3.12. The van der Waals surface area contributed by atoms with Crippen molar-refractivity contribution in [2.45, 2.75) is 6.54 Å². The van der Waals surface area contributed by atoms with Gasteiger partial charge in [-0.15, -0.1) is 0 Å². The van der Waals surface area contributed by atoms with Crippen molar-refractivity contribution >= 4 is 63.8 Å². The van der Waals surface area contributed by atoms with E-state index < -0.39 is 22.0 Å². The number of carbonyl (C=O) groups is 3. The zero-order chi connectivity index (χ0) is 26.7. The summed E-state index contributed by atoms with van der Waals surface area (Å²) in [6.45, 7) is -0.270. The first-order chi connectivity index (χ1) is 17.7. The van der Waals surface area contributed by atoms with Crippen molar-refractivity contribution in [2.75, 3.05) is 7.11 Å². The molecule has 4 rings (SSSR count). The number of nitro groups is 1. The number of hydrogen-bond acceptors (Lipinski definition) is 8. The van der Waals surface area contributed by atoms with Crippen LogP contribution in [0.4, 0.5) is 10.5 Å².